The molecule has 0 unspecified atom stereocenters. The number of amides is 1. The van der Waals surface area contributed by atoms with Crippen LogP contribution in [0.5, 0.6) is 0 Å². The van der Waals surface area contributed by atoms with Crippen molar-refractivity contribution in [2.45, 2.75) is 40.2 Å². The summed E-state index contributed by atoms with van der Waals surface area (Å²) in [7, 11) is 0. The minimum absolute atomic E-state index is 0.0876. The molecule has 26 heavy (non-hydrogen) atoms. The lowest BCUT2D eigenvalue weighted by atomic mass is 10.1. The molecule has 1 N–H and O–H groups in total. The highest BCUT2D eigenvalue weighted by Gasteiger charge is 2.15. The number of nitriles is 1. The van der Waals surface area contributed by atoms with E-state index in [1.807, 2.05) is 55.8 Å². The van der Waals surface area contributed by atoms with Crippen molar-refractivity contribution < 1.29 is 4.79 Å². The van der Waals surface area contributed by atoms with Crippen molar-refractivity contribution in [1.82, 2.24) is 15.1 Å². The van der Waals surface area contributed by atoms with Gasteiger partial charge in [-0.05, 0) is 38.0 Å². The molecule has 0 fully saturated rings. The summed E-state index contributed by atoms with van der Waals surface area (Å²) in [6, 6.07) is 9.61. The van der Waals surface area contributed by atoms with Gasteiger partial charge >= 0.3 is 0 Å². The minimum Gasteiger partial charge on any atom is -0.351 e. The first-order valence-corrected chi connectivity index (χ1v) is 9.03. The maximum atomic E-state index is 12.2. The highest BCUT2D eigenvalue weighted by atomic mass is 35.5. The van der Waals surface area contributed by atoms with E-state index in [-0.39, 0.29) is 11.5 Å². The quantitative estimate of drug-likeness (QED) is 0.454. The normalized spacial score (nSPS) is 11.3. The van der Waals surface area contributed by atoms with Crippen LogP contribution in [0.25, 0.3) is 6.08 Å². The Hall–Kier alpha value is -2.58. The predicted molar refractivity (Wildman–Crippen MR) is 104 cm³/mol. The molecule has 0 aliphatic carbocycles. The number of nitrogens with one attached hydrogen (secondary N) is 1. The Morgan fingerprint density at radius 1 is 1.38 bits per heavy atom. The van der Waals surface area contributed by atoms with Gasteiger partial charge in [0.25, 0.3) is 5.91 Å². The molecular formula is C20H23ClN4O. The lowest BCUT2D eigenvalue weighted by molar-refractivity contribution is -0.117. The van der Waals surface area contributed by atoms with Gasteiger partial charge in [0, 0.05) is 22.8 Å². The van der Waals surface area contributed by atoms with Crippen LogP contribution in [0.2, 0.25) is 5.02 Å². The van der Waals surface area contributed by atoms with E-state index in [9.17, 15) is 10.1 Å². The molecule has 5 nitrogen and oxygen atoms in total. The molecule has 0 radical (unpaired) electrons. The first kappa shape index (κ1) is 19.7. The molecule has 0 aliphatic heterocycles. The van der Waals surface area contributed by atoms with Crippen molar-refractivity contribution in [3.8, 4) is 6.07 Å². The summed E-state index contributed by atoms with van der Waals surface area (Å²) >= 11 is 6.23. The number of halogens is 1. The van der Waals surface area contributed by atoms with Crippen LogP contribution in [0.3, 0.4) is 0 Å². The highest BCUT2D eigenvalue weighted by molar-refractivity contribution is 6.31. The number of carbonyl (C=O) groups is 1. The standard InChI is InChI=1S/C20H23ClN4O/c1-4-5-10-23-20(26)17(12-22)11-18-14(2)24-25(15(18)3)13-16-8-6-7-9-19(16)21/h6-9,11H,4-5,10,13H2,1-3H3,(H,23,26)/b17-11+. The van der Waals surface area contributed by atoms with Gasteiger partial charge in [-0.1, -0.05) is 43.1 Å². The maximum Gasteiger partial charge on any atom is 0.261 e. The van der Waals surface area contributed by atoms with E-state index in [1.54, 1.807) is 6.08 Å². The van der Waals surface area contributed by atoms with Crippen LogP contribution in [0, 0.1) is 25.2 Å². The molecule has 6 heteroatoms. The average molecular weight is 371 g/mol. The van der Waals surface area contributed by atoms with Gasteiger partial charge in [0.15, 0.2) is 0 Å². The SMILES string of the molecule is CCCCNC(=O)/C(C#N)=C/c1c(C)nn(Cc2ccccc2Cl)c1C. The molecule has 0 saturated carbocycles. The van der Waals surface area contributed by atoms with Gasteiger partial charge in [-0.2, -0.15) is 10.4 Å². The fourth-order valence-electron chi connectivity index (χ4n) is 2.63. The fourth-order valence-corrected chi connectivity index (χ4v) is 2.82. The van der Waals surface area contributed by atoms with E-state index in [4.69, 9.17) is 11.6 Å². The third-order valence-electron chi connectivity index (χ3n) is 4.19. The van der Waals surface area contributed by atoms with Crippen LogP contribution >= 0.6 is 11.6 Å². The molecule has 1 aromatic carbocycles. The first-order chi connectivity index (χ1) is 12.5. The summed E-state index contributed by atoms with van der Waals surface area (Å²) in [5, 5.41) is 17.4. The number of aromatic nitrogens is 2. The van der Waals surface area contributed by atoms with Crippen molar-refractivity contribution in [3.63, 3.8) is 0 Å². The van der Waals surface area contributed by atoms with Crippen molar-refractivity contribution in [1.29, 1.82) is 5.26 Å². The Labute approximate surface area is 159 Å². The molecule has 1 heterocycles. The second-order valence-corrected chi connectivity index (χ2v) is 6.52. The first-order valence-electron chi connectivity index (χ1n) is 8.65. The zero-order valence-corrected chi connectivity index (χ0v) is 16.1. The second kappa shape index (κ2) is 9.21. The predicted octanol–water partition coefficient (Wildman–Crippen LogP) is 4.02. The third-order valence-corrected chi connectivity index (χ3v) is 4.55. The summed E-state index contributed by atoms with van der Waals surface area (Å²) in [6.45, 7) is 6.94. The van der Waals surface area contributed by atoms with Gasteiger partial charge in [-0.15, -0.1) is 0 Å². The van der Waals surface area contributed by atoms with Crippen LogP contribution in [-0.2, 0) is 11.3 Å². The van der Waals surface area contributed by atoms with Crippen molar-refractivity contribution >= 4 is 23.6 Å². The molecule has 1 amide bonds. The van der Waals surface area contributed by atoms with Gasteiger partial charge in [0.2, 0.25) is 0 Å². The summed E-state index contributed by atoms with van der Waals surface area (Å²) in [5.74, 6) is -0.349. The lowest BCUT2D eigenvalue weighted by Crippen LogP contribution is -2.25. The Bertz CT molecular complexity index is 861. The Kier molecular flexibility index (Phi) is 6.99. The molecule has 0 spiro atoms. The zero-order valence-electron chi connectivity index (χ0n) is 15.3. The molecule has 136 valence electrons. The number of rotatable bonds is 7. The summed E-state index contributed by atoms with van der Waals surface area (Å²) in [6.07, 6.45) is 3.49. The number of hydrogen-bond donors (Lipinski definition) is 1. The van der Waals surface area contributed by atoms with Gasteiger partial charge in [0.05, 0.1) is 12.2 Å². The van der Waals surface area contributed by atoms with E-state index < -0.39 is 0 Å². The van der Waals surface area contributed by atoms with Crippen molar-refractivity contribution in [2.24, 2.45) is 0 Å². The molecule has 0 bridgehead atoms. The van der Waals surface area contributed by atoms with Crippen molar-refractivity contribution in [2.75, 3.05) is 6.54 Å². The molecule has 1 aromatic heterocycles. The minimum atomic E-state index is -0.349. The van der Waals surface area contributed by atoms with Crippen LogP contribution in [0.15, 0.2) is 29.8 Å². The average Bonchev–Trinajstić information content (AvgIpc) is 2.88. The van der Waals surface area contributed by atoms with Gasteiger partial charge in [0.1, 0.15) is 11.6 Å². The number of unbranched alkanes of at least 4 members (excludes halogenated alkanes) is 1. The third kappa shape index (κ3) is 4.74. The molecular weight excluding hydrogens is 348 g/mol. The zero-order chi connectivity index (χ0) is 19.1. The van der Waals surface area contributed by atoms with Crippen LogP contribution < -0.4 is 5.32 Å². The van der Waals surface area contributed by atoms with Gasteiger partial charge in [-0.3, -0.25) is 9.48 Å². The van der Waals surface area contributed by atoms with E-state index in [0.29, 0.717) is 18.1 Å². The highest BCUT2D eigenvalue weighted by Crippen LogP contribution is 2.21. The number of hydrogen-bond acceptors (Lipinski definition) is 3. The number of benzene rings is 1. The molecule has 2 aromatic rings. The molecule has 0 atom stereocenters. The summed E-state index contributed by atoms with van der Waals surface area (Å²) < 4.78 is 1.84. The second-order valence-electron chi connectivity index (χ2n) is 6.11. The van der Waals surface area contributed by atoms with Gasteiger partial charge in [-0.25, -0.2) is 0 Å². The van der Waals surface area contributed by atoms with Crippen LogP contribution in [0.1, 0.15) is 42.3 Å². The van der Waals surface area contributed by atoms with Crippen LogP contribution in [0.4, 0.5) is 0 Å². The maximum absolute atomic E-state index is 12.2. The fraction of sp³-hybridized carbons (Fsp3) is 0.350. The Balaban J connectivity index is 2.27. The Morgan fingerprint density at radius 3 is 2.77 bits per heavy atom. The van der Waals surface area contributed by atoms with E-state index in [1.165, 1.54) is 0 Å². The van der Waals surface area contributed by atoms with Gasteiger partial charge < -0.3 is 5.32 Å². The number of aryl methyl sites for hydroxylation is 1. The largest absolute Gasteiger partial charge is 0.351 e. The summed E-state index contributed by atoms with van der Waals surface area (Å²) in [4.78, 5) is 12.2. The van der Waals surface area contributed by atoms with E-state index in [0.717, 1.165) is 35.4 Å². The summed E-state index contributed by atoms with van der Waals surface area (Å²) in [5.41, 5.74) is 3.50. The van der Waals surface area contributed by atoms with Crippen molar-refractivity contribution in [3.05, 3.63) is 57.4 Å². The number of carbonyl (C=O) groups excluding carboxylic acids is 1. The monoisotopic (exact) mass is 370 g/mol. The van der Waals surface area contributed by atoms with E-state index in [2.05, 4.69) is 10.4 Å². The number of nitrogens with zero attached hydrogens (tertiary/aromatic N) is 3. The van der Waals surface area contributed by atoms with Crippen LogP contribution in [-0.4, -0.2) is 22.2 Å². The molecule has 0 aliphatic rings. The topological polar surface area (TPSA) is 70.7 Å². The Morgan fingerprint density at radius 2 is 2.12 bits per heavy atom. The van der Waals surface area contributed by atoms with E-state index >= 15 is 0 Å². The molecule has 0 saturated heterocycles. The molecule has 2 rings (SSSR count). The lowest BCUT2D eigenvalue weighted by Gasteiger charge is -2.07. The smallest absolute Gasteiger partial charge is 0.261 e.